The maximum atomic E-state index is 12.9. The van der Waals surface area contributed by atoms with Crippen molar-refractivity contribution >= 4 is 11.0 Å². The molecule has 5 nitrogen and oxygen atoms in total. The van der Waals surface area contributed by atoms with Gasteiger partial charge in [0.15, 0.2) is 0 Å². The van der Waals surface area contributed by atoms with E-state index in [0.717, 1.165) is 11.1 Å². The first-order valence-corrected chi connectivity index (χ1v) is 8.02. The summed E-state index contributed by atoms with van der Waals surface area (Å²) in [5.74, 6) is 0.528. The summed E-state index contributed by atoms with van der Waals surface area (Å²) in [5, 5.41) is 9.97. The molecule has 0 bridgehead atoms. The summed E-state index contributed by atoms with van der Waals surface area (Å²) in [4.78, 5) is 17.2. The molecule has 1 N–H and O–H groups in total. The first kappa shape index (κ1) is 15.9. The molecule has 0 saturated heterocycles. The van der Waals surface area contributed by atoms with Crippen LogP contribution in [0.1, 0.15) is 0 Å². The Labute approximate surface area is 149 Å². The Balaban J connectivity index is 1.93. The molecule has 0 aliphatic carbocycles. The number of phenols is 1. The quantitative estimate of drug-likeness (QED) is 0.601. The predicted octanol–water partition coefficient (Wildman–Crippen LogP) is 4.24. The number of nitrogens with zero attached hydrogens (tertiary/aromatic N) is 1. The molecule has 5 heteroatoms. The Morgan fingerprint density at radius 2 is 1.77 bits per heavy atom. The van der Waals surface area contributed by atoms with E-state index in [-0.39, 0.29) is 11.2 Å². The van der Waals surface area contributed by atoms with E-state index in [0.29, 0.717) is 28.0 Å². The van der Waals surface area contributed by atoms with Crippen LogP contribution in [0.2, 0.25) is 0 Å². The van der Waals surface area contributed by atoms with Gasteiger partial charge in [0.25, 0.3) is 0 Å². The molecular formula is C21H15NO4. The highest BCUT2D eigenvalue weighted by atomic mass is 16.5. The largest absolute Gasteiger partial charge is 0.508 e. The zero-order valence-corrected chi connectivity index (χ0v) is 14.0. The summed E-state index contributed by atoms with van der Waals surface area (Å²) in [7, 11) is 1.51. The number of rotatable bonds is 3. The molecule has 4 aromatic rings. The van der Waals surface area contributed by atoms with Crippen molar-refractivity contribution in [2.45, 2.75) is 0 Å². The molecule has 0 spiro atoms. The van der Waals surface area contributed by atoms with Crippen LogP contribution in [0, 0.1) is 0 Å². The molecule has 2 heterocycles. The van der Waals surface area contributed by atoms with Crippen LogP contribution < -0.4 is 10.2 Å². The van der Waals surface area contributed by atoms with Crippen LogP contribution in [-0.4, -0.2) is 17.2 Å². The molecule has 0 saturated carbocycles. The summed E-state index contributed by atoms with van der Waals surface area (Å²) in [5.41, 5.74) is 2.99. The van der Waals surface area contributed by atoms with Crippen molar-refractivity contribution < 1.29 is 14.3 Å². The smallest absolute Gasteiger partial charge is 0.221 e. The molecule has 0 aliphatic heterocycles. The lowest BCUT2D eigenvalue weighted by atomic mass is 10.0. The minimum Gasteiger partial charge on any atom is -0.508 e. The van der Waals surface area contributed by atoms with Crippen LogP contribution in [0.4, 0.5) is 0 Å². The van der Waals surface area contributed by atoms with Gasteiger partial charge in [-0.1, -0.05) is 24.3 Å². The van der Waals surface area contributed by atoms with E-state index in [9.17, 15) is 9.90 Å². The van der Waals surface area contributed by atoms with Crippen molar-refractivity contribution in [1.82, 2.24) is 4.98 Å². The average Bonchev–Trinajstić information content (AvgIpc) is 2.69. The van der Waals surface area contributed by atoms with Gasteiger partial charge in [0, 0.05) is 11.8 Å². The van der Waals surface area contributed by atoms with Crippen LogP contribution in [-0.2, 0) is 0 Å². The standard InChI is InChI=1S/C21H15NO4/c1-25-21-17(10-14(11-22-21)13-6-8-15(23)9-7-13)18-12-26-19-5-3-2-4-16(19)20(18)24/h2-12,23H,1H3. The number of phenolic OH excluding ortho intramolecular Hbond substituents is 1. The van der Waals surface area contributed by atoms with Gasteiger partial charge in [0.1, 0.15) is 17.6 Å². The van der Waals surface area contributed by atoms with E-state index in [1.54, 1.807) is 48.7 Å². The highest BCUT2D eigenvalue weighted by Gasteiger charge is 2.15. The van der Waals surface area contributed by atoms with Gasteiger partial charge >= 0.3 is 0 Å². The van der Waals surface area contributed by atoms with Crippen LogP contribution >= 0.6 is 0 Å². The molecule has 0 amide bonds. The third-order valence-electron chi connectivity index (χ3n) is 4.22. The number of aromatic nitrogens is 1. The number of aromatic hydroxyl groups is 1. The lowest BCUT2D eigenvalue weighted by molar-refractivity contribution is 0.399. The van der Waals surface area contributed by atoms with E-state index in [1.165, 1.54) is 13.4 Å². The maximum absolute atomic E-state index is 12.9. The first-order chi connectivity index (χ1) is 12.7. The van der Waals surface area contributed by atoms with Crippen molar-refractivity contribution in [2.75, 3.05) is 7.11 Å². The SMILES string of the molecule is COc1ncc(-c2ccc(O)cc2)cc1-c1coc2ccccc2c1=O. The van der Waals surface area contributed by atoms with Gasteiger partial charge in [-0.25, -0.2) is 4.98 Å². The summed E-state index contributed by atoms with van der Waals surface area (Å²) < 4.78 is 11.0. The fourth-order valence-corrected chi connectivity index (χ4v) is 2.88. The molecule has 2 aromatic heterocycles. The Bertz CT molecular complexity index is 1150. The molecule has 0 fully saturated rings. The van der Waals surface area contributed by atoms with Crippen molar-refractivity contribution in [3.05, 3.63) is 77.3 Å². The number of methoxy groups -OCH3 is 1. The summed E-state index contributed by atoms with van der Waals surface area (Å²) >= 11 is 0. The number of fused-ring (bicyclic) bond motifs is 1. The second-order valence-corrected chi connectivity index (χ2v) is 5.80. The number of hydrogen-bond acceptors (Lipinski definition) is 5. The summed E-state index contributed by atoms with van der Waals surface area (Å²) in [6.07, 6.45) is 3.10. The minimum absolute atomic E-state index is 0.144. The van der Waals surface area contributed by atoms with Gasteiger partial charge in [-0.3, -0.25) is 4.79 Å². The van der Waals surface area contributed by atoms with Gasteiger partial charge in [0.05, 0.1) is 23.6 Å². The van der Waals surface area contributed by atoms with E-state index < -0.39 is 0 Å². The van der Waals surface area contributed by atoms with Crippen LogP contribution in [0.25, 0.3) is 33.2 Å². The number of benzene rings is 2. The second-order valence-electron chi connectivity index (χ2n) is 5.80. The van der Waals surface area contributed by atoms with Crippen LogP contribution in [0.5, 0.6) is 11.6 Å². The van der Waals surface area contributed by atoms with E-state index in [2.05, 4.69) is 4.98 Å². The Hall–Kier alpha value is -3.60. The Morgan fingerprint density at radius 1 is 1.00 bits per heavy atom. The fourth-order valence-electron chi connectivity index (χ4n) is 2.88. The number of pyridine rings is 1. The summed E-state index contributed by atoms with van der Waals surface area (Å²) in [6.45, 7) is 0. The van der Waals surface area contributed by atoms with Gasteiger partial charge in [-0.15, -0.1) is 0 Å². The first-order valence-electron chi connectivity index (χ1n) is 8.02. The normalized spacial score (nSPS) is 10.8. The van der Waals surface area contributed by atoms with Crippen molar-refractivity contribution in [2.24, 2.45) is 0 Å². The molecule has 4 rings (SSSR count). The molecule has 26 heavy (non-hydrogen) atoms. The van der Waals surface area contributed by atoms with E-state index in [4.69, 9.17) is 9.15 Å². The molecule has 2 aromatic carbocycles. The van der Waals surface area contributed by atoms with Crippen molar-refractivity contribution in [3.63, 3.8) is 0 Å². The topological polar surface area (TPSA) is 72.6 Å². The third kappa shape index (κ3) is 2.69. The molecular weight excluding hydrogens is 330 g/mol. The lowest BCUT2D eigenvalue weighted by Crippen LogP contribution is -2.06. The zero-order valence-electron chi connectivity index (χ0n) is 14.0. The van der Waals surface area contributed by atoms with E-state index in [1.807, 2.05) is 12.1 Å². The van der Waals surface area contributed by atoms with Crippen LogP contribution in [0.3, 0.4) is 0 Å². The number of hydrogen-bond donors (Lipinski definition) is 1. The lowest BCUT2D eigenvalue weighted by Gasteiger charge is -2.10. The number of para-hydroxylation sites is 1. The van der Waals surface area contributed by atoms with Gasteiger partial charge in [-0.05, 0) is 35.9 Å². The monoisotopic (exact) mass is 345 g/mol. The Kier molecular flexibility index (Phi) is 3.89. The fraction of sp³-hybridized carbons (Fsp3) is 0.0476. The molecule has 0 unspecified atom stereocenters. The Morgan fingerprint density at radius 3 is 2.54 bits per heavy atom. The highest BCUT2D eigenvalue weighted by Crippen LogP contribution is 2.32. The van der Waals surface area contributed by atoms with Crippen molar-refractivity contribution in [3.8, 4) is 33.9 Å². The van der Waals surface area contributed by atoms with Gasteiger partial charge in [-0.2, -0.15) is 0 Å². The third-order valence-corrected chi connectivity index (χ3v) is 4.22. The minimum atomic E-state index is -0.144. The van der Waals surface area contributed by atoms with Gasteiger partial charge in [0.2, 0.25) is 11.3 Å². The average molecular weight is 345 g/mol. The van der Waals surface area contributed by atoms with Gasteiger partial charge < -0.3 is 14.3 Å². The second kappa shape index (κ2) is 6.37. The zero-order chi connectivity index (χ0) is 18.1. The number of ether oxygens (including phenoxy) is 1. The molecule has 0 atom stereocenters. The van der Waals surface area contributed by atoms with Crippen molar-refractivity contribution in [1.29, 1.82) is 0 Å². The molecule has 0 aliphatic rings. The molecule has 0 radical (unpaired) electrons. The van der Waals surface area contributed by atoms with Crippen LogP contribution in [0.15, 0.2) is 76.3 Å². The van der Waals surface area contributed by atoms with E-state index >= 15 is 0 Å². The molecule has 128 valence electrons. The predicted molar refractivity (Wildman–Crippen MR) is 99.4 cm³/mol. The summed E-state index contributed by atoms with van der Waals surface area (Å²) in [6, 6.07) is 15.7. The maximum Gasteiger partial charge on any atom is 0.221 e. The highest BCUT2D eigenvalue weighted by molar-refractivity contribution is 5.83.